The maximum Gasteiger partial charge on any atom is 0.232 e. The highest BCUT2D eigenvalue weighted by atomic mass is 32.1. The van der Waals surface area contributed by atoms with Crippen LogP contribution >= 0.6 is 12.6 Å². The van der Waals surface area contributed by atoms with Crippen LogP contribution in [0.3, 0.4) is 0 Å². The molecule has 0 rings (SSSR count). The van der Waals surface area contributed by atoms with Crippen LogP contribution in [-0.2, 0) is 4.79 Å². The number of rotatable bonds is 6. The van der Waals surface area contributed by atoms with Gasteiger partial charge in [0.2, 0.25) is 5.91 Å². The van der Waals surface area contributed by atoms with Crippen LogP contribution in [0.2, 0.25) is 0 Å². The molecule has 0 aromatic carbocycles. The Morgan fingerprint density at radius 2 is 2.17 bits per heavy atom. The maximum atomic E-state index is 11.1. The number of unbranched alkanes of at least 4 members (excludes halogenated alkanes) is 1. The molecule has 0 saturated heterocycles. The van der Waals surface area contributed by atoms with Crippen molar-refractivity contribution in [1.29, 1.82) is 0 Å². The standard InChI is InChI=1S/C8H17NO2S/c1-2-3-4-9(5-6-10)8(11)7-12/h10,12H,2-7H2,1H3. The first-order valence-electron chi connectivity index (χ1n) is 4.25. The molecule has 0 bridgehead atoms. The lowest BCUT2D eigenvalue weighted by Crippen LogP contribution is -2.35. The number of hydrogen-bond acceptors (Lipinski definition) is 3. The van der Waals surface area contributed by atoms with Crippen LogP contribution in [0.5, 0.6) is 0 Å². The molecule has 0 aliphatic carbocycles. The van der Waals surface area contributed by atoms with Crippen LogP contribution in [0.15, 0.2) is 0 Å². The predicted molar refractivity (Wildman–Crippen MR) is 52.4 cm³/mol. The second-order valence-corrected chi connectivity index (χ2v) is 2.93. The van der Waals surface area contributed by atoms with Gasteiger partial charge in [0.1, 0.15) is 0 Å². The number of carbonyl (C=O) groups is 1. The third-order valence-electron chi connectivity index (χ3n) is 1.64. The number of carbonyl (C=O) groups excluding carboxylic acids is 1. The van der Waals surface area contributed by atoms with Gasteiger partial charge in [0.25, 0.3) is 0 Å². The van der Waals surface area contributed by atoms with Gasteiger partial charge in [-0.15, -0.1) is 0 Å². The number of thiol groups is 1. The van der Waals surface area contributed by atoms with Crippen LogP contribution < -0.4 is 0 Å². The topological polar surface area (TPSA) is 40.5 Å². The number of hydrogen-bond donors (Lipinski definition) is 2. The van der Waals surface area contributed by atoms with Crippen LogP contribution in [0.4, 0.5) is 0 Å². The highest BCUT2D eigenvalue weighted by Crippen LogP contribution is 1.96. The van der Waals surface area contributed by atoms with Gasteiger partial charge in [0.05, 0.1) is 12.4 Å². The molecule has 0 unspecified atom stereocenters. The van der Waals surface area contributed by atoms with Gasteiger partial charge in [-0.1, -0.05) is 13.3 Å². The third kappa shape index (κ3) is 4.62. The lowest BCUT2D eigenvalue weighted by atomic mass is 10.3. The zero-order chi connectivity index (χ0) is 9.40. The molecule has 1 N–H and O–H groups in total. The normalized spacial score (nSPS) is 9.92. The summed E-state index contributed by atoms with van der Waals surface area (Å²) in [5.74, 6) is 0.227. The van der Waals surface area contributed by atoms with Crippen LogP contribution in [0.25, 0.3) is 0 Å². The van der Waals surface area contributed by atoms with E-state index < -0.39 is 0 Å². The smallest absolute Gasteiger partial charge is 0.232 e. The van der Waals surface area contributed by atoms with Crippen LogP contribution in [0, 0.1) is 0 Å². The molecule has 0 aromatic rings. The van der Waals surface area contributed by atoms with E-state index in [4.69, 9.17) is 5.11 Å². The van der Waals surface area contributed by atoms with E-state index in [0.717, 1.165) is 19.4 Å². The minimum atomic E-state index is 0.000772. The van der Waals surface area contributed by atoms with Crippen molar-refractivity contribution in [2.24, 2.45) is 0 Å². The SMILES string of the molecule is CCCCN(CCO)C(=O)CS. The van der Waals surface area contributed by atoms with E-state index in [9.17, 15) is 4.79 Å². The van der Waals surface area contributed by atoms with Gasteiger partial charge in [-0.3, -0.25) is 4.79 Å². The molecule has 0 fully saturated rings. The van der Waals surface area contributed by atoms with E-state index in [1.165, 1.54) is 0 Å². The average molecular weight is 191 g/mol. The van der Waals surface area contributed by atoms with Crippen molar-refractivity contribution in [3.8, 4) is 0 Å². The summed E-state index contributed by atoms with van der Waals surface area (Å²) in [7, 11) is 0. The quantitative estimate of drug-likeness (QED) is 0.602. The molecule has 1 amide bonds. The van der Waals surface area contributed by atoms with Crippen molar-refractivity contribution < 1.29 is 9.90 Å². The van der Waals surface area contributed by atoms with Crippen LogP contribution in [0.1, 0.15) is 19.8 Å². The fourth-order valence-electron chi connectivity index (χ4n) is 0.931. The number of aliphatic hydroxyl groups is 1. The summed E-state index contributed by atoms with van der Waals surface area (Å²) in [6.07, 6.45) is 2.04. The minimum Gasteiger partial charge on any atom is -0.395 e. The minimum absolute atomic E-state index is 0.000772. The molecule has 0 aromatic heterocycles. The molecule has 0 heterocycles. The Kier molecular flexibility index (Phi) is 7.29. The molecule has 0 radical (unpaired) electrons. The van der Waals surface area contributed by atoms with E-state index in [-0.39, 0.29) is 18.3 Å². The Bertz CT molecular complexity index is 130. The van der Waals surface area contributed by atoms with Gasteiger partial charge in [0.15, 0.2) is 0 Å². The first-order valence-corrected chi connectivity index (χ1v) is 4.89. The molecule has 0 aliphatic rings. The van der Waals surface area contributed by atoms with Crippen molar-refractivity contribution >= 4 is 18.5 Å². The Hall–Kier alpha value is -0.220. The van der Waals surface area contributed by atoms with E-state index in [2.05, 4.69) is 19.6 Å². The van der Waals surface area contributed by atoms with Crippen molar-refractivity contribution in [3.05, 3.63) is 0 Å². The van der Waals surface area contributed by atoms with Gasteiger partial charge < -0.3 is 10.0 Å². The molecule has 12 heavy (non-hydrogen) atoms. The maximum absolute atomic E-state index is 11.1. The zero-order valence-corrected chi connectivity index (χ0v) is 8.39. The second-order valence-electron chi connectivity index (χ2n) is 2.62. The molecule has 3 nitrogen and oxygen atoms in total. The molecule has 0 saturated carbocycles. The Morgan fingerprint density at radius 1 is 1.50 bits per heavy atom. The van der Waals surface area contributed by atoms with E-state index in [1.54, 1.807) is 4.90 Å². The van der Waals surface area contributed by atoms with Crippen molar-refractivity contribution in [1.82, 2.24) is 4.90 Å². The predicted octanol–water partition coefficient (Wildman–Crippen LogP) is 0.537. The molecule has 72 valence electrons. The molecular weight excluding hydrogens is 174 g/mol. The Morgan fingerprint density at radius 3 is 2.58 bits per heavy atom. The van der Waals surface area contributed by atoms with Crippen molar-refractivity contribution in [2.75, 3.05) is 25.4 Å². The van der Waals surface area contributed by atoms with Gasteiger partial charge in [-0.2, -0.15) is 12.6 Å². The van der Waals surface area contributed by atoms with Gasteiger partial charge in [-0.05, 0) is 6.42 Å². The summed E-state index contributed by atoms with van der Waals surface area (Å²) in [5, 5.41) is 8.66. The Balaban J connectivity index is 3.76. The Labute approximate surface area is 79.2 Å². The first-order chi connectivity index (χ1) is 5.76. The molecular formula is C8H17NO2S. The highest BCUT2D eigenvalue weighted by Gasteiger charge is 2.09. The summed E-state index contributed by atoms with van der Waals surface area (Å²) in [4.78, 5) is 12.8. The molecule has 0 spiro atoms. The van der Waals surface area contributed by atoms with Crippen LogP contribution in [-0.4, -0.2) is 41.4 Å². The van der Waals surface area contributed by atoms with Crippen molar-refractivity contribution in [2.45, 2.75) is 19.8 Å². The summed E-state index contributed by atoms with van der Waals surface area (Å²) in [6, 6.07) is 0. The fraction of sp³-hybridized carbons (Fsp3) is 0.875. The number of aliphatic hydroxyl groups excluding tert-OH is 1. The van der Waals surface area contributed by atoms with Gasteiger partial charge >= 0.3 is 0 Å². The summed E-state index contributed by atoms with van der Waals surface area (Å²) >= 11 is 3.90. The second kappa shape index (κ2) is 7.43. The summed E-state index contributed by atoms with van der Waals surface area (Å²) < 4.78 is 0. The average Bonchev–Trinajstić information content (AvgIpc) is 2.11. The summed E-state index contributed by atoms with van der Waals surface area (Å²) in [5.41, 5.74) is 0. The zero-order valence-electron chi connectivity index (χ0n) is 7.49. The number of amides is 1. The third-order valence-corrected chi connectivity index (χ3v) is 1.91. The molecule has 0 atom stereocenters. The lowest BCUT2D eigenvalue weighted by Gasteiger charge is -2.20. The highest BCUT2D eigenvalue weighted by molar-refractivity contribution is 7.81. The van der Waals surface area contributed by atoms with E-state index in [0.29, 0.717) is 6.54 Å². The monoisotopic (exact) mass is 191 g/mol. The van der Waals surface area contributed by atoms with E-state index in [1.807, 2.05) is 0 Å². The largest absolute Gasteiger partial charge is 0.395 e. The van der Waals surface area contributed by atoms with E-state index >= 15 is 0 Å². The van der Waals surface area contributed by atoms with Crippen molar-refractivity contribution in [3.63, 3.8) is 0 Å². The summed E-state index contributed by atoms with van der Waals surface area (Å²) in [6.45, 7) is 3.27. The van der Waals surface area contributed by atoms with Gasteiger partial charge in [-0.25, -0.2) is 0 Å². The first kappa shape index (κ1) is 11.8. The fourth-order valence-corrected chi connectivity index (χ4v) is 1.13. The lowest BCUT2D eigenvalue weighted by molar-refractivity contribution is -0.128. The molecule has 0 aliphatic heterocycles. The number of nitrogens with zero attached hydrogens (tertiary/aromatic N) is 1. The van der Waals surface area contributed by atoms with Gasteiger partial charge in [0, 0.05) is 13.1 Å². The molecule has 4 heteroatoms.